The largest absolute Gasteiger partial charge is 0.312 e. The van der Waals surface area contributed by atoms with E-state index >= 15 is 0 Å². The highest BCUT2D eigenvalue weighted by Gasteiger charge is 2.45. The van der Waals surface area contributed by atoms with Crippen LogP contribution in [-0.2, 0) is 16.1 Å². The predicted molar refractivity (Wildman–Crippen MR) is 107 cm³/mol. The number of carbonyl (C=O) groups excluding carboxylic acids is 4. The Bertz CT molecular complexity index is 926. The van der Waals surface area contributed by atoms with Crippen LogP contribution in [0, 0.1) is 11.8 Å². The number of fused-ring (bicyclic) bond motifs is 1. The first-order valence-electron chi connectivity index (χ1n) is 10.8. The lowest BCUT2D eigenvalue weighted by atomic mass is 9.95. The molecule has 4 amide bonds. The molecule has 1 aliphatic carbocycles. The Hall–Kier alpha value is -2.58. The normalized spacial score (nSPS) is 28.8. The molecule has 3 fully saturated rings. The zero-order valence-corrected chi connectivity index (χ0v) is 16.8. The van der Waals surface area contributed by atoms with Crippen molar-refractivity contribution in [3.05, 3.63) is 34.9 Å². The van der Waals surface area contributed by atoms with Gasteiger partial charge in [-0.2, -0.15) is 0 Å². The van der Waals surface area contributed by atoms with E-state index in [1.165, 1.54) is 19.3 Å². The van der Waals surface area contributed by atoms with Gasteiger partial charge in [0.2, 0.25) is 11.8 Å². The van der Waals surface area contributed by atoms with Crippen molar-refractivity contribution >= 4 is 23.6 Å². The minimum Gasteiger partial charge on any atom is -0.312 e. The van der Waals surface area contributed by atoms with Crippen LogP contribution in [0.15, 0.2) is 18.2 Å². The van der Waals surface area contributed by atoms with E-state index in [9.17, 15) is 19.2 Å². The second-order valence-corrected chi connectivity index (χ2v) is 8.77. The Balaban J connectivity index is 1.29. The molecule has 8 nitrogen and oxygen atoms in total. The summed E-state index contributed by atoms with van der Waals surface area (Å²) < 4.78 is 0. The first kappa shape index (κ1) is 19.4. The molecule has 5 rings (SSSR count). The van der Waals surface area contributed by atoms with Crippen molar-refractivity contribution in [2.75, 3.05) is 13.1 Å². The Morgan fingerprint density at radius 2 is 1.87 bits per heavy atom. The van der Waals surface area contributed by atoms with Gasteiger partial charge in [-0.05, 0) is 55.7 Å². The van der Waals surface area contributed by atoms with Gasteiger partial charge in [-0.15, -0.1) is 0 Å². The van der Waals surface area contributed by atoms with Gasteiger partial charge in [-0.1, -0.05) is 12.1 Å². The number of hydrogen-bond donors (Lipinski definition) is 3. The van der Waals surface area contributed by atoms with Gasteiger partial charge >= 0.3 is 0 Å². The summed E-state index contributed by atoms with van der Waals surface area (Å²) in [5.41, 5.74) is 1.47. The fraction of sp³-hybridized carbons (Fsp3) is 0.545. The lowest BCUT2D eigenvalue weighted by Crippen LogP contribution is -2.54. The molecule has 4 aliphatic rings. The fourth-order valence-corrected chi connectivity index (χ4v) is 5.19. The zero-order chi connectivity index (χ0) is 20.8. The third-order valence-electron chi connectivity index (χ3n) is 6.86. The maximum absolute atomic E-state index is 13.1. The molecule has 3 atom stereocenters. The molecule has 8 heteroatoms. The number of rotatable bonds is 6. The van der Waals surface area contributed by atoms with E-state index in [0.717, 1.165) is 35.4 Å². The molecule has 1 saturated carbocycles. The third kappa shape index (κ3) is 3.33. The summed E-state index contributed by atoms with van der Waals surface area (Å²) in [7, 11) is 0. The van der Waals surface area contributed by atoms with Crippen molar-refractivity contribution in [3.8, 4) is 0 Å². The molecule has 3 N–H and O–H groups in total. The topological polar surface area (TPSA) is 108 Å². The molecule has 1 aromatic carbocycles. The van der Waals surface area contributed by atoms with Crippen molar-refractivity contribution in [2.45, 2.75) is 50.7 Å². The van der Waals surface area contributed by atoms with E-state index in [1.54, 1.807) is 12.1 Å². The van der Waals surface area contributed by atoms with Gasteiger partial charge in [0.05, 0.1) is 11.1 Å². The molecule has 0 radical (unpaired) electrons. The summed E-state index contributed by atoms with van der Waals surface area (Å²) in [5, 5.41) is 9.27. The average Bonchev–Trinajstić information content (AvgIpc) is 3.41. The Kier molecular flexibility index (Phi) is 4.91. The van der Waals surface area contributed by atoms with Crippen LogP contribution in [0.25, 0.3) is 0 Å². The standard InChI is InChI=1S/C22H26N4O4/c27-18-7-6-17(20(28)25-18)26-21(29)15-3-1-2-13(19(15)22(26)30)10-23-11-16-14(8-9-24-16)12-4-5-12/h1-3,12,14,16-17,23-24H,4-11H2,(H,25,27,28). The van der Waals surface area contributed by atoms with Crippen LogP contribution in [-0.4, -0.2) is 53.7 Å². The van der Waals surface area contributed by atoms with Crippen molar-refractivity contribution in [1.29, 1.82) is 0 Å². The maximum Gasteiger partial charge on any atom is 0.262 e. The summed E-state index contributed by atoms with van der Waals surface area (Å²) in [6.07, 6.45) is 4.18. The quantitative estimate of drug-likeness (QED) is 0.592. The van der Waals surface area contributed by atoms with Gasteiger partial charge in [0.1, 0.15) is 6.04 Å². The number of nitrogens with zero attached hydrogens (tertiary/aromatic N) is 1. The average molecular weight is 410 g/mol. The molecule has 0 spiro atoms. The third-order valence-corrected chi connectivity index (χ3v) is 6.86. The van der Waals surface area contributed by atoms with Crippen molar-refractivity contribution in [1.82, 2.24) is 20.9 Å². The van der Waals surface area contributed by atoms with Gasteiger partial charge in [-0.25, -0.2) is 0 Å². The maximum atomic E-state index is 13.1. The molecule has 3 aliphatic heterocycles. The van der Waals surface area contributed by atoms with Crippen LogP contribution in [0.5, 0.6) is 0 Å². The highest BCUT2D eigenvalue weighted by Crippen LogP contribution is 2.41. The van der Waals surface area contributed by atoms with E-state index in [-0.39, 0.29) is 18.7 Å². The summed E-state index contributed by atoms with van der Waals surface area (Å²) in [4.78, 5) is 50.7. The van der Waals surface area contributed by atoms with Crippen LogP contribution in [0.2, 0.25) is 0 Å². The summed E-state index contributed by atoms with van der Waals surface area (Å²) in [5.74, 6) is -0.282. The Labute approximate surface area is 174 Å². The van der Waals surface area contributed by atoms with E-state index in [4.69, 9.17) is 0 Å². The van der Waals surface area contributed by atoms with Crippen molar-refractivity contribution in [3.63, 3.8) is 0 Å². The molecule has 158 valence electrons. The molecule has 3 heterocycles. The molecule has 30 heavy (non-hydrogen) atoms. The number of nitrogens with one attached hydrogen (secondary N) is 3. The Morgan fingerprint density at radius 3 is 2.63 bits per heavy atom. The number of amides is 4. The summed E-state index contributed by atoms with van der Waals surface area (Å²) in [6.45, 7) is 2.37. The van der Waals surface area contributed by atoms with Gasteiger partial charge < -0.3 is 10.6 Å². The van der Waals surface area contributed by atoms with Crippen LogP contribution in [0.4, 0.5) is 0 Å². The second-order valence-electron chi connectivity index (χ2n) is 8.77. The molecule has 1 aromatic rings. The predicted octanol–water partition coefficient (Wildman–Crippen LogP) is 0.566. The van der Waals surface area contributed by atoms with E-state index in [2.05, 4.69) is 16.0 Å². The number of imide groups is 2. The van der Waals surface area contributed by atoms with Crippen LogP contribution < -0.4 is 16.0 Å². The molecule has 0 bridgehead atoms. The number of benzene rings is 1. The van der Waals surface area contributed by atoms with E-state index in [0.29, 0.717) is 23.7 Å². The number of hydrogen-bond acceptors (Lipinski definition) is 6. The van der Waals surface area contributed by atoms with Crippen molar-refractivity contribution < 1.29 is 19.2 Å². The van der Waals surface area contributed by atoms with E-state index in [1.807, 2.05) is 6.07 Å². The Morgan fingerprint density at radius 1 is 1.03 bits per heavy atom. The first-order valence-corrected chi connectivity index (χ1v) is 10.8. The van der Waals surface area contributed by atoms with Gasteiger partial charge in [0.15, 0.2) is 0 Å². The zero-order valence-electron chi connectivity index (χ0n) is 16.8. The molecule has 2 saturated heterocycles. The van der Waals surface area contributed by atoms with Gasteiger partial charge in [0, 0.05) is 25.6 Å². The highest BCUT2D eigenvalue weighted by molar-refractivity contribution is 6.24. The summed E-state index contributed by atoms with van der Waals surface area (Å²) in [6, 6.07) is 4.78. The lowest BCUT2D eigenvalue weighted by Gasteiger charge is -2.27. The van der Waals surface area contributed by atoms with Gasteiger partial charge in [0.25, 0.3) is 11.8 Å². The minimum absolute atomic E-state index is 0.120. The number of piperidine rings is 1. The van der Waals surface area contributed by atoms with Crippen LogP contribution in [0.1, 0.15) is 58.4 Å². The minimum atomic E-state index is -0.933. The van der Waals surface area contributed by atoms with E-state index < -0.39 is 23.8 Å². The SMILES string of the molecule is O=C1CCC(N2C(=O)c3cccc(CNCC4NCCC4C4CC4)c3C2=O)C(=O)N1. The first-order chi connectivity index (χ1) is 14.5. The molecular formula is C22H26N4O4. The molecular weight excluding hydrogens is 384 g/mol. The summed E-state index contributed by atoms with van der Waals surface area (Å²) >= 11 is 0. The lowest BCUT2D eigenvalue weighted by molar-refractivity contribution is -0.136. The van der Waals surface area contributed by atoms with Crippen LogP contribution >= 0.6 is 0 Å². The smallest absolute Gasteiger partial charge is 0.262 e. The molecule has 0 aromatic heterocycles. The monoisotopic (exact) mass is 410 g/mol. The fourth-order valence-electron chi connectivity index (χ4n) is 5.19. The van der Waals surface area contributed by atoms with Crippen molar-refractivity contribution in [2.24, 2.45) is 11.8 Å². The van der Waals surface area contributed by atoms with Gasteiger partial charge in [-0.3, -0.25) is 29.4 Å². The van der Waals surface area contributed by atoms with Crippen LogP contribution in [0.3, 0.4) is 0 Å². The number of carbonyl (C=O) groups is 4. The second kappa shape index (κ2) is 7.59. The highest BCUT2D eigenvalue weighted by atomic mass is 16.2. The molecule has 3 unspecified atom stereocenters.